The molecule has 0 N–H and O–H groups in total. The van der Waals surface area contributed by atoms with Crippen molar-refractivity contribution in [1.82, 2.24) is 0 Å². The van der Waals surface area contributed by atoms with Crippen molar-refractivity contribution in [2.24, 2.45) is 0 Å². The molecule has 0 saturated heterocycles. The van der Waals surface area contributed by atoms with Crippen LogP contribution in [0.4, 0.5) is 0 Å². The molecule has 1 nitrogen and oxygen atoms in total. The summed E-state index contributed by atoms with van der Waals surface area (Å²) in [6.07, 6.45) is 1.63. The minimum absolute atomic E-state index is 0.487. The molecule has 17 heavy (non-hydrogen) atoms. The van der Waals surface area contributed by atoms with Crippen molar-refractivity contribution in [3.8, 4) is 0 Å². The first-order valence-electron chi connectivity index (χ1n) is 6.54. The Hall–Kier alpha value is 0.191. The van der Waals surface area contributed by atoms with Gasteiger partial charge in [-0.15, -0.1) is 0 Å². The van der Waals surface area contributed by atoms with Crippen LogP contribution in [0.1, 0.15) is 0 Å². The van der Waals surface area contributed by atoms with Crippen LogP contribution >= 0.6 is 0 Å². The van der Waals surface area contributed by atoms with E-state index in [1.54, 1.807) is 6.26 Å². The van der Waals surface area contributed by atoms with Gasteiger partial charge in [-0.2, -0.15) is 0 Å². The van der Waals surface area contributed by atoms with Gasteiger partial charge in [0.25, 0.3) is 0 Å². The minimum Gasteiger partial charge on any atom is -0.502 e. The monoisotopic (exact) mass is 288 g/mol. The van der Waals surface area contributed by atoms with Gasteiger partial charge in [0, 0.05) is 24.2 Å². The topological polar surface area (TPSA) is 9.23 Å². The van der Waals surface area contributed by atoms with Gasteiger partial charge < -0.3 is 4.74 Å². The molecule has 0 spiro atoms. The van der Waals surface area contributed by atoms with Crippen LogP contribution in [-0.2, 0) is 4.74 Å². The third kappa shape index (κ3) is 3.15. The minimum atomic E-state index is -1.29. The summed E-state index contributed by atoms with van der Waals surface area (Å²) in [4.78, 5) is 0. The molecule has 0 aliphatic carbocycles. The Balaban J connectivity index is 5.83. The van der Waals surface area contributed by atoms with E-state index in [-0.39, 0.29) is 0 Å². The molecule has 0 aromatic rings. The number of hydrogen-bond donors (Lipinski definition) is 0. The second-order valence-corrected chi connectivity index (χ2v) is 25.7. The van der Waals surface area contributed by atoms with E-state index in [1.165, 1.54) is 0 Å². The average Bonchev–Trinajstić information content (AvgIpc) is 1.96. The lowest BCUT2D eigenvalue weighted by Gasteiger charge is -2.58. The van der Waals surface area contributed by atoms with Crippen LogP contribution in [0, 0.1) is 0 Å². The average molecular weight is 289 g/mol. The van der Waals surface area contributed by atoms with Gasteiger partial charge in [-0.1, -0.05) is 65.5 Å². The van der Waals surface area contributed by atoms with Crippen molar-refractivity contribution in [3.63, 3.8) is 0 Å². The summed E-state index contributed by atoms with van der Waals surface area (Å²) in [5, 5.41) is 0. The SMILES string of the molecule is C=COCC([Si](C)(C)C)([Si](C)(C)C)[Si](C)(C)C. The molecule has 0 fully saturated rings. The first kappa shape index (κ1) is 17.2. The largest absolute Gasteiger partial charge is 0.502 e. The van der Waals surface area contributed by atoms with Crippen LogP contribution in [0.2, 0.25) is 63.2 Å². The number of rotatable bonds is 6. The fourth-order valence-corrected chi connectivity index (χ4v) is 32.8. The molecule has 0 heterocycles. The third-order valence-corrected chi connectivity index (χ3v) is 25.9. The Morgan fingerprint density at radius 1 is 0.824 bits per heavy atom. The predicted molar refractivity (Wildman–Crippen MR) is 88.9 cm³/mol. The molecule has 0 rings (SSSR count). The van der Waals surface area contributed by atoms with Crippen molar-refractivity contribution in [1.29, 1.82) is 0 Å². The zero-order chi connectivity index (χ0) is 14.1. The molecular weight excluding hydrogens is 256 g/mol. The van der Waals surface area contributed by atoms with Crippen molar-refractivity contribution in [3.05, 3.63) is 12.8 Å². The second-order valence-electron chi connectivity index (χ2n) is 8.13. The highest BCUT2D eigenvalue weighted by Crippen LogP contribution is 2.53. The normalized spacial score (nSPS) is 14.6. The summed E-state index contributed by atoms with van der Waals surface area (Å²) in [6, 6.07) is 0. The van der Waals surface area contributed by atoms with Gasteiger partial charge in [0.05, 0.1) is 12.9 Å². The van der Waals surface area contributed by atoms with Crippen LogP contribution in [-0.4, -0.2) is 30.8 Å². The fraction of sp³-hybridized carbons (Fsp3) is 0.846. The molecule has 0 aromatic carbocycles. The lowest BCUT2D eigenvalue weighted by atomic mass is 10.8. The van der Waals surface area contributed by atoms with Crippen molar-refractivity contribution in [2.75, 3.05) is 6.61 Å². The van der Waals surface area contributed by atoms with Gasteiger partial charge in [0.15, 0.2) is 0 Å². The summed E-state index contributed by atoms with van der Waals surface area (Å²) in [7, 11) is -3.88. The van der Waals surface area contributed by atoms with E-state index < -0.39 is 24.2 Å². The zero-order valence-electron chi connectivity index (χ0n) is 13.4. The highest BCUT2D eigenvalue weighted by atomic mass is 28.5. The lowest BCUT2D eigenvalue weighted by molar-refractivity contribution is 0.247. The molecule has 0 unspecified atom stereocenters. The number of hydrogen-bond acceptors (Lipinski definition) is 1. The molecular formula is C13H32OSi3. The molecule has 0 aliphatic rings. The maximum atomic E-state index is 5.75. The molecule has 0 amide bonds. The van der Waals surface area contributed by atoms with Crippen LogP contribution in [0.25, 0.3) is 0 Å². The Bertz CT molecular complexity index is 230. The van der Waals surface area contributed by atoms with Crippen LogP contribution in [0.5, 0.6) is 0 Å². The summed E-state index contributed by atoms with van der Waals surface area (Å²) < 4.78 is 6.23. The summed E-state index contributed by atoms with van der Waals surface area (Å²) in [5.74, 6) is 0. The molecule has 0 bridgehead atoms. The Labute approximate surface area is 112 Å². The summed E-state index contributed by atoms with van der Waals surface area (Å²) in [5.41, 5.74) is 0. The molecule has 102 valence electrons. The molecule has 0 aliphatic heterocycles. The highest BCUT2D eigenvalue weighted by molar-refractivity contribution is 7.15. The smallest absolute Gasteiger partial charge is 0.0858 e. The molecule has 4 heteroatoms. The zero-order valence-corrected chi connectivity index (χ0v) is 16.4. The summed E-state index contributed by atoms with van der Waals surface area (Å²) in [6.45, 7) is 27.3. The highest BCUT2D eigenvalue weighted by Gasteiger charge is 2.60. The van der Waals surface area contributed by atoms with E-state index in [1.807, 2.05) is 0 Å². The standard InChI is InChI=1S/C13H32OSi3/c1-11-14-12-13(15(2,3)4,16(5,6)7)17(8,9)10/h11H,1,12H2,2-10H3. The van der Waals surface area contributed by atoms with Crippen LogP contribution in [0.15, 0.2) is 12.8 Å². The summed E-state index contributed by atoms with van der Waals surface area (Å²) >= 11 is 0. The van der Waals surface area contributed by atoms with Gasteiger partial charge in [-0.25, -0.2) is 0 Å². The van der Waals surface area contributed by atoms with Crippen molar-refractivity contribution >= 4 is 24.2 Å². The third-order valence-electron chi connectivity index (χ3n) is 4.26. The van der Waals surface area contributed by atoms with Gasteiger partial charge in [0.1, 0.15) is 0 Å². The Morgan fingerprint density at radius 2 is 1.12 bits per heavy atom. The molecule has 0 atom stereocenters. The van der Waals surface area contributed by atoms with E-state index in [9.17, 15) is 0 Å². The van der Waals surface area contributed by atoms with Gasteiger partial charge >= 0.3 is 0 Å². The van der Waals surface area contributed by atoms with E-state index in [2.05, 4.69) is 65.5 Å². The fourth-order valence-electron chi connectivity index (χ4n) is 4.21. The van der Waals surface area contributed by atoms with E-state index in [0.717, 1.165) is 6.61 Å². The van der Waals surface area contributed by atoms with E-state index in [4.69, 9.17) is 4.74 Å². The molecule has 0 radical (unpaired) electrons. The second kappa shape index (κ2) is 5.05. The predicted octanol–water partition coefficient (Wildman–Crippen LogP) is 4.98. The van der Waals surface area contributed by atoms with Crippen LogP contribution < -0.4 is 0 Å². The van der Waals surface area contributed by atoms with Crippen LogP contribution in [0.3, 0.4) is 0 Å². The van der Waals surface area contributed by atoms with Crippen molar-refractivity contribution < 1.29 is 4.74 Å². The van der Waals surface area contributed by atoms with Gasteiger partial charge in [0.2, 0.25) is 0 Å². The van der Waals surface area contributed by atoms with Gasteiger partial charge in [-0.05, 0) is 4.28 Å². The quantitative estimate of drug-likeness (QED) is 0.495. The number of ether oxygens (including phenoxy) is 1. The van der Waals surface area contributed by atoms with E-state index >= 15 is 0 Å². The first-order chi connectivity index (χ1) is 7.31. The Morgan fingerprint density at radius 3 is 1.29 bits per heavy atom. The maximum Gasteiger partial charge on any atom is 0.0858 e. The van der Waals surface area contributed by atoms with Gasteiger partial charge in [-0.3, -0.25) is 0 Å². The lowest BCUT2D eigenvalue weighted by Crippen LogP contribution is -2.67. The van der Waals surface area contributed by atoms with Crippen molar-refractivity contribution in [2.45, 2.75) is 63.2 Å². The van der Waals surface area contributed by atoms with E-state index in [0.29, 0.717) is 4.28 Å². The Kier molecular flexibility index (Phi) is 5.11. The maximum absolute atomic E-state index is 5.75. The molecule has 0 aromatic heterocycles. The first-order valence-corrected chi connectivity index (χ1v) is 17.0. The molecule has 0 saturated carbocycles.